The number of aromatic nitrogens is 1. The van der Waals surface area contributed by atoms with Crippen LogP contribution in [0.5, 0.6) is 0 Å². The topological polar surface area (TPSA) is 48.7 Å². The van der Waals surface area contributed by atoms with Crippen molar-refractivity contribution in [1.82, 2.24) is 4.98 Å². The molecule has 1 N–H and O–H groups in total. The molecule has 72 valence electrons. The lowest BCUT2D eigenvalue weighted by Crippen LogP contribution is -2.06. The molecule has 0 aliphatic heterocycles. The number of pyridine rings is 1. The zero-order valence-corrected chi connectivity index (χ0v) is 8.46. The Kier molecular flexibility index (Phi) is 1.92. The Bertz CT molecular complexity index is 399. The van der Waals surface area contributed by atoms with Crippen LogP contribution in [0, 0.1) is 11.3 Å². The number of rotatable bonds is 2. The van der Waals surface area contributed by atoms with Crippen molar-refractivity contribution >= 4 is 5.82 Å². The second kappa shape index (κ2) is 2.98. The van der Waals surface area contributed by atoms with E-state index in [1.807, 2.05) is 12.1 Å². The summed E-state index contributed by atoms with van der Waals surface area (Å²) in [7, 11) is 1.79. The van der Waals surface area contributed by atoms with Crippen LogP contribution in [0.1, 0.15) is 31.0 Å². The summed E-state index contributed by atoms with van der Waals surface area (Å²) in [5.41, 5.74) is 1.97. The van der Waals surface area contributed by atoms with Gasteiger partial charge in [0.15, 0.2) is 0 Å². The fraction of sp³-hybridized carbons (Fsp3) is 0.455. The van der Waals surface area contributed by atoms with Gasteiger partial charge in [-0.3, -0.25) is 0 Å². The van der Waals surface area contributed by atoms with E-state index in [1.165, 1.54) is 12.8 Å². The molecule has 3 nitrogen and oxygen atoms in total. The van der Waals surface area contributed by atoms with E-state index in [0.717, 1.165) is 5.69 Å². The predicted octanol–water partition coefficient (Wildman–Crippen LogP) is 2.05. The molecule has 1 fully saturated rings. The van der Waals surface area contributed by atoms with Crippen molar-refractivity contribution in [1.29, 1.82) is 5.26 Å². The standard InChI is InChI=1S/C11H13N3/c1-11(5-6-11)9-4-3-8(7-12)10(13-2)14-9/h3-4H,5-6H2,1-2H3,(H,13,14). The van der Waals surface area contributed by atoms with Gasteiger partial charge >= 0.3 is 0 Å². The molecule has 0 amide bonds. The first kappa shape index (κ1) is 9.01. The van der Waals surface area contributed by atoms with E-state index in [2.05, 4.69) is 23.3 Å². The number of hydrogen-bond acceptors (Lipinski definition) is 3. The fourth-order valence-corrected chi connectivity index (χ4v) is 1.52. The molecule has 1 aliphatic carbocycles. The van der Waals surface area contributed by atoms with Gasteiger partial charge in [0.2, 0.25) is 0 Å². The molecule has 0 aromatic carbocycles. The van der Waals surface area contributed by atoms with Gasteiger partial charge in [-0.25, -0.2) is 4.98 Å². The van der Waals surface area contributed by atoms with Crippen LogP contribution in [0.2, 0.25) is 0 Å². The molecule has 0 spiro atoms. The average molecular weight is 187 g/mol. The third-order valence-electron chi connectivity index (χ3n) is 2.87. The summed E-state index contributed by atoms with van der Waals surface area (Å²) in [6.45, 7) is 2.21. The van der Waals surface area contributed by atoms with Crippen LogP contribution in [0.3, 0.4) is 0 Å². The smallest absolute Gasteiger partial charge is 0.143 e. The number of hydrogen-bond donors (Lipinski definition) is 1. The Morgan fingerprint density at radius 3 is 2.71 bits per heavy atom. The zero-order chi connectivity index (χ0) is 10.2. The molecule has 0 saturated heterocycles. The molecule has 2 rings (SSSR count). The van der Waals surface area contributed by atoms with Gasteiger partial charge in [0.1, 0.15) is 11.9 Å². The minimum atomic E-state index is 0.263. The maximum Gasteiger partial charge on any atom is 0.143 e. The van der Waals surface area contributed by atoms with Gasteiger partial charge in [0.05, 0.1) is 5.56 Å². The van der Waals surface area contributed by atoms with Crippen molar-refractivity contribution in [3.05, 3.63) is 23.4 Å². The first-order valence-electron chi connectivity index (χ1n) is 4.79. The second-order valence-electron chi connectivity index (χ2n) is 4.02. The molecule has 0 unspecified atom stereocenters. The molecule has 0 radical (unpaired) electrons. The lowest BCUT2D eigenvalue weighted by molar-refractivity contribution is 0.751. The van der Waals surface area contributed by atoms with E-state index in [1.54, 1.807) is 7.05 Å². The lowest BCUT2D eigenvalue weighted by atomic mass is 10.0. The highest BCUT2D eigenvalue weighted by molar-refractivity contribution is 5.52. The summed E-state index contributed by atoms with van der Waals surface area (Å²) in [4.78, 5) is 4.46. The Balaban J connectivity index is 2.43. The first-order chi connectivity index (χ1) is 6.69. The molecule has 3 heteroatoms. The van der Waals surface area contributed by atoms with Crippen molar-refractivity contribution in [2.24, 2.45) is 0 Å². The Hall–Kier alpha value is -1.56. The summed E-state index contributed by atoms with van der Waals surface area (Å²) in [5, 5.41) is 11.8. The Morgan fingerprint density at radius 2 is 2.21 bits per heavy atom. The highest BCUT2D eigenvalue weighted by atomic mass is 15.0. The van der Waals surface area contributed by atoms with Gasteiger partial charge in [0, 0.05) is 18.2 Å². The van der Waals surface area contributed by atoms with E-state index in [-0.39, 0.29) is 5.41 Å². The van der Waals surface area contributed by atoms with Crippen LogP contribution < -0.4 is 5.32 Å². The molecular formula is C11H13N3. The van der Waals surface area contributed by atoms with Gasteiger partial charge in [0.25, 0.3) is 0 Å². The summed E-state index contributed by atoms with van der Waals surface area (Å²) in [6, 6.07) is 5.93. The molecule has 1 saturated carbocycles. The fourth-order valence-electron chi connectivity index (χ4n) is 1.52. The molecule has 1 aliphatic rings. The third kappa shape index (κ3) is 1.33. The molecule has 1 aromatic heterocycles. The van der Waals surface area contributed by atoms with Crippen LogP contribution in [0.15, 0.2) is 12.1 Å². The maximum atomic E-state index is 8.83. The summed E-state index contributed by atoms with van der Waals surface area (Å²) < 4.78 is 0. The number of anilines is 1. The lowest BCUT2D eigenvalue weighted by Gasteiger charge is -2.10. The van der Waals surface area contributed by atoms with E-state index in [9.17, 15) is 0 Å². The van der Waals surface area contributed by atoms with Crippen molar-refractivity contribution < 1.29 is 0 Å². The van der Waals surface area contributed by atoms with Gasteiger partial charge in [-0.2, -0.15) is 5.26 Å². The van der Waals surface area contributed by atoms with Crippen LogP contribution in [0.25, 0.3) is 0 Å². The van der Waals surface area contributed by atoms with E-state index < -0.39 is 0 Å². The highest BCUT2D eigenvalue weighted by Gasteiger charge is 2.40. The first-order valence-corrected chi connectivity index (χ1v) is 4.79. The second-order valence-corrected chi connectivity index (χ2v) is 4.02. The zero-order valence-electron chi connectivity index (χ0n) is 8.46. The van der Waals surface area contributed by atoms with Crippen molar-refractivity contribution in [2.45, 2.75) is 25.2 Å². The minimum absolute atomic E-state index is 0.263. The van der Waals surface area contributed by atoms with Gasteiger partial charge in [-0.05, 0) is 25.0 Å². The van der Waals surface area contributed by atoms with Crippen LogP contribution >= 0.6 is 0 Å². The van der Waals surface area contributed by atoms with Crippen LogP contribution in [-0.2, 0) is 5.41 Å². The normalized spacial score (nSPS) is 17.2. The van der Waals surface area contributed by atoms with Crippen LogP contribution in [-0.4, -0.2) is 12.0 Å². The Labute approximate surface area is 83.8 Å². The highest BCUT2D eigenvalue weighted by Crippen LogP contribution is 2.46. The molecule has 0 atom stereocenters. The minimum Gasteiger partial charge on any atom is -0.372 e. The quantitative estimate of drug-likeness (QED) is 0.770. The predicted molar refractivity (Wildman–Crippen MR) is 55.1 cm³/mol. The monoisotopic (exact) mass is 187 g/mol. The van der Waals surface area contributed by atoms with E-state index in [4.69, 9.17) is 5.26 Å². The van der Waals surface area contributed by atoms with Gasteiger partial charge in [-0.15, -0.1) is 0 Å². The van der Waals surface area contributed by atoms with Gasteiger partial charge in [-0.1, -0.05) is 6.92 Å². The number of nitrogens with zero attached hydrogens (tertiary/aromatic N) is 2. The molecule has 1 heterocycles. The number of nitriles is 1. The third-order valence-corrected chi connectivity index (χ3v) is 2.87. The summed E-state index contributed by atoms with van der Waals surface area (Å²) in [5.74, 6) is 0.693. The van der Waals surface area contributed by atoms with E-state index >= 15 is 0 Å². The van der Waals surface area contributed by atoms with Crippen molar-refractivity contribution in [3.8, 4) is 6.07 Å². The number of nitrogens with one attached hydrogen (secondary N) is 1. The molecule has 0 bridgehead atoms. The SMILES string of the molecule is CNc1nc(C2(C)CC2)ccc1C#N. The van der Waals surface area contributed by atoms with Crippen LogP contribution in [0.4, 0.5) is 5.82 Å². The summed E-state index contributed by atoms with van der Waals surface area (Å²) >= 11 is 0. The largest absolute Gasteiger partial charge is 0.372 e. The molecule has 14 heavy (non-hydrogen) atoms. The molecular weight excluding hydrogens is 174 g/mol. The average Bonchev–Trinajstić information content (AvgIpc) is 2.97. The van der Waals surface area contributed by atoms with Gasteiger partial charge < -0.3 is 5.32 Å². The maximum absolute atomic E-state index is 8.83. The summed E-state index contributed by atoms with van der Waals surface area (Å²) in [6.07, 6.45) is 2.41. The molecule has 1 aromatic rings. The van der Waals surface area contributed by atoms with Crippen molar-refractivity contribution in [3.63, 3.8) is 0 Å². The Morgan fingerprint density at radius 1 is 1.50 bits per heavy atom. The van der Waals surface area contributed by atoms with Crippen molar-refractivity contribution in [2.75, 3.05) is 12.4 Å². The van der Waals surface area contributed by atoms with E-state index in [0.29, 0.717) is 11.4 Å².